The lowest BCUT2D eigenvalue weighted by Gasteiger charge is -2.14. The summed E-state index contributed by atoms with van der Waals surface area (Å²) >= 11 is 7.90. The fraction of sp³-hybridized carbons (Fsp3) is 0.500. The van der Waals surface area contributed by atoms with E-state index in [2.05, 4.69) is 42.5 Å². The van der Waals surface area contributed by atoms with E-state index in [1.807, 2.05) is 0 Å². The average Bonchev–Trinajstić information content (AvgIpc) is 1.98. The molecule has 0 bridgehead atoms. The number of rotatable bonds is 4. The molecule has 1 amide bonds. The summed E-state index contributed by atoms with van der Waals surface area (Å²) in [5.74, 6) is -0.145. The van der Waals surface area contributed by atoms with Crippen LogP contribution >= 0.6 is 25.3 Å². The maximum Gasteiger partial charge on any atom is 0.240 e. The van der Waals surface area contributed by atoms with Gasteiger partial charge in [-0.15, -0.1) is 31.8 Å². The number of hydrogen-bond acceptors (Lipinski definition) is 4. The highest BCUT2D eigenvalue weighted by molar-refractivity contribution is 7.99. The Morgan fingerprint density at radius 1 is 1.64 bits per heavy atom. The van der Waals surface area contributed by atoms with Gasteiger partial charge in [0, 0.05) is 7.05 Å². The molecule has 0 aromatic heterocycles. The van der Waals surface area contributed by atoms with Gasteiger partial charge >= 0.3 is 0 Å². The summed E-state index contributed by atoms with van der Waals surface area (Å²) in [6, 6.07) is -0.431. The standard InChI is InChI=1S/C6H12N2OS2/c1-3-4(5(9)7-2)8-6(10)11/h3-4,6,8,10-11H,1H2,2H3,(H,7,9)/t4-/m1/s1. The first-order chi connectivity index (χ1) is 5.11. The number of nitrogens with one attached hydrogen (secondary N) is 2. The van der Waals surface area contributed by atoms with Gasteiger partial charge in [0.25, 0.3) is 0 Å². The molecule has 0 unspecified atom stereocenters. The Kier molecular flexibility index (Phi) is 5.45. The number of thiol groups is 2. The Labute approximate surface area is 77.4 Å². The molecule has 0 aliphatic heterocycles. The van der Waals surface area contributed by atoms with Crippen LogP contribution in [0.15, 0.2) is 12.7 Å². The van der Waals surface area contributed by atoms with Gasteiger partial charge in [-0.25, -0.2) is 0 Å². The molecule has 0 spiro atoms. The van der Waals surface area contributed by atoms with E-state index >= 15 is 0 Å². The highest BCUT2D eigenvalue weighted by Crippen LogP contribution is 1.97. The minimum absolute atomic E-state index is 0.145. The van der Waals surface area contributed by atoms with Gasteiger partial charge in [0.1, 0.15) is 6.04 Å². The SMILES string of the molecule is C=C[C@@H](NC(S)S)C(=O)NC. The summed E-state index contributed by atoms with van der Waals surface area (Å²) in [5, 5.41) is 5.26. The van der Waals surface area contributed by atoms with Gasteiger partial charge in [-0.05, 0) is 0 Å². The van der Waals surface area contributed by atoms with Gasteiger partial charge in [-0.2, -0.15) is 0 Å². The fourth-order valence-corrected chi connectivity index (χ4v) is 0.888. The molecule has 3 nitrogen and oxygen atoms in total. The zero-order chi connectivity index (χ0) is 8.85. The molecular formula is C6H12N2OS2. The second-order valence-electron chi connectivity index (χ2n) is 1.87. The van der Waals surface area contributed by atoms with Crippen LogP contribution in [0.4, 0.5) is 0 Å². The van der Waals surface area contributed by atoms with Gasteiger partial charge in [-0.1, -0.05) is 6.08 Å². The molecule has 0 aromatic rings. The van der Waals surface area contributed by atoms with Gasteiger partial charge < -0.3 is 5.32 Å². The van der Waals surface area contributed by atoms with Crippen molar-refractivity contribution in [3.05, 3.63) is 12.7 Å². The minimum Gasteiger partial charge on any atom is -0.358 e. The molecule has 2 N–H and O–H groups in total. The summed E-state index contributed by atoms with van der Waals surface area (Å²) in [6.07, 6.45) is 1.50. The minimum atomic E-state index is -0.431. The molecule has 11 heavy (non-hydrogen) atoms. The van der Waals surface area contributed by atoms with E-state index in [1.54, 1.807) is 7.05 Å². The Hall–Kier alpha value is -0.130. The molecule has 0 heterocycles. The fourth-order valence-electron chi connectivity index (χ4n) is 0.567. The molecule has 0 fully saturated rings. The van der Waals surface area contributed by atoms with E-state index < -0.39 is 6.04 Å². The third-order valence-corrected chi connectivity index (χ3v) is 1.39. The molecule has 0 saturated carbocycles. The summed E-state index contributed by atoms with van der Waals surface area (Å²) in [5.41, 5.74) is 0. The quantitative estimate of drug-likeness (QED) is 0.288. The number of hydrogen-bond donors (Lipinski definition) is 4. The van der Waals surface area contributed by atoms with Crippen LogP contribution in [0.25, 0.3) is 0 Å². The third-order valence-electron chi connectivity index (χ3n) is 1.09. The van der Waals surface area contributed by atoms with Crippen molar-refractivity contribution in [3.8, 4) is 0 Å². The third kappa shape index (κ3) is 4.34. The molecule has 64 valence electrons. The number of amides is 1. The van der Waals surface area contributed by atoms with Crippen molar-refractivity contribution in [2.24, 2.45) is 0 Å². The monoisotopic (exact) mass is 192 g/mol. The van der Waals surface area contributed by atoms with E-state index in [0.29, 0.717) is 0 Å². The lowest BCUT2D eigenvalue weighted by molar-refractivity contribution is -0.121. The number of likely N-dealkylation sites (N-methyl/N-ethyl adjacent to an activating group) is 1. The summed E-state index contributed by atoms with van der Waals surface area (Å²) in [6.45, 7) is 3.49. The second-order valence-corrected chi connectivity index (χ2v) is 3.31. The van der Waals surface area contributed by atoms with Crippen LogP contribution in [0, 0.1) is 0 Å². The van der Waals surface area contributed by atoms with E-state index in [4.69, 9.17) is 0 Å². The van der Waals surface area contributed by atoms with Crippen LogP contribution in [0.2, 0.25) is 0 Å². The first kappa shape index (κ1) is 10.9. The van der Waals surface area contributed by atoms with Crippen LogP contribution in [0.3, 0.4) is 0 Å². The van der Waals surface area contributed by atoms with E-state index in [-0.39, 0.29) is 10.6 Å². The number of carbonyl (C=O) groups is 1. The molecular weight excluding hydrogens is 180 g/mol. The largest absolute Gasteiger partial charge is 0.358 e. The highest BCUT2D eigenvalue weighted by Gasteiger charge is 2.13. The van der Waals surface area contributed by atoms with Crippen molar-refractivity contribution >= 4 is 31.2 Å². The predicted molar refractivity (Wildman–Crippen MR) is 52.9 cm³/mol. The van der Waals surface area contributed by atoms with Crippen LogP contribution < -0.4 is 10.6 Å². The van der Waals surface area contributed by atoms with Crippen molar-refractivity contribution in [2.45, 2.75) is 10.7 Å². The lowest BCUT2D eigenvalue weighted by Crippen LogP contribution is -2.43. The van der Waals surface area contributed by atoms with Crippen molar-refractivity contribution in [1.29, 1.82) is 0 Å². The smallest absolute Gasteiger partial charge is 0.240 e. The van der Waals surface area contributed by atoms with E-state index in [0.717, 1.165) is 0 Å². The van der Waals surface area contributed by atoms with Crippen LogP contribution in [-0.4, -0.2) is 23.7 Å². The molecule has 0 aliphatic carbocycles. The van der Waals surface area contributed by atoms with Crippen LogP contribution in [0.5, 0.6) is 0 Å². The summed E-state index contributed by atoms with van der Waals surface area (Å²) in [4.78, 5) is 11.0. The van der Waals surface area contributed by atoms with Gasteiger partial charge in [-0.3, -0.25) is 10.1 Å². The maximum absolute atomic E-state index is 11.0. The van der Waals surface area contributed by atoms with Crippen molar-refractivity contribution in [2.75, 3.05) is 7.05 Å². The zero-order valence-electron chi connectivity index (χ0n) is 6.24. The van der Waals surface area contributed by atoms with Crippen molar-refractivity contribution < 1.29 is 4.79 Å². The van der Waals surface area contributed by atoms with Gasteiger partial charge in [0.2, 0.25) is 5.91 Å². The molecule has 0 rings (SSSR count). The van der Waals surface area contributed by atoms with Crippen LogP contribution in [-0.2, 0) is 4.79 Å². The predicted octanol–water partition coefficient (Wildman–Crippen LogP) is 0.0198. The summed E-state index contributed by atoms with van der Waals surface area (Å²) < 4.78 is -0.324. The lowest BCUT2D eigenvalue weighted by atomic mass is 10.3. The second kappa shape index (κ2) is 5.51. The van der Waals surface area contributed by atoms with Gasteiger partial charge in [0.15, 0.2) is 0 Å². The maximum atomic E-state index is 11.0. The summed E-state index contributed by atoms with van der Waals surface area (Å²) in [7, 11) is 1.56. The Morgan fingerprint density at radius 3 is 2.45 bits per heavy atom. The van der Waals surface area contributed by atoms with Crippen LogP contribution in [0.1, 0.15) is 0 Å². The van der Waals surface area contributed by atoms with Crippen molar-refractivity contribution in [1.82, 2.24) is 10.6 Å². The highest BCUT2D eigenvalue weighted by atomic mass is 32.2. The first-order valence-corrected chi connectivity index (χ1v) is 4.11. The zero-order valence-corrected chi connectivity index (χ0v) is 8.03. The Morgan fingerprint density at radius 2 is 2.18 bits per heavy atom. The molecule has 0 radical (unpaired) electrons. The normalized spacial score (nSPS) is 12.7. The van der Waals surface area contributed by atoms with Gasteiger partial charge in [0.05, 0.1) is 4.71 Å². The Bertz CT molecular complexity index is 150. The van der Waals surface area contributed by atoms with E-state index in [1.165, 1.54) is 6.08 Å². The Balaban J connectivity index is 3.95. The molecule has 1 atom stereocenters. The van der Waals surface area contributed by atoms with Crippen molar-refractivity contribution in [3.63, 3.8) is 0 Å². The molecule has 5 heteroatoms. The number of carbonyl (C=O) groups excluding carboxylic acids is 1. The average molecular weight is 192 g/mol. The molecule has 0 aliphatic rings. The molecule has 0 saturated heterocycles. The topological polar surface area (TPSA) is 41.1 Å². The van der Waals surface area contributed by atoms with E-state index in [9.17, 15) is 4.79 Å². The molecule has 0 aromatic carbocycles. The first-order valence-electron chi connectivity index (χ1n) is 3.08.